The minimum absolute atomic E-state index is 0.135. The van der Waals surface area contributed by atoms with E-state index in [1.807, 2.05) is 54.2 Å². The second-order valence-electron chi connectivity index (χ2n) is 6.67. The zero-order chi connectivity index (χ0) is 20.1. The molecule has 0 N–H and O–H groups in total. The number of aryl methyl sites for hydroxylation is 1. The van der Waals surface area contributed by atoms with Crippen LogP contribution in [0.5, 0.6) is 0 Å². The molecule has 0 aliphatic carbocycles. The molecule has 1 aliphatic rings. The van der Waals surface area contributed by atoms with E-state index in [0.29, 0.717) is 6.42 Å². The molecule has 1 aromatic heterocycles. The number of hydrogen-bond acceptors (Lipinski definition) is 6. The average Bonchev–Trinajstić information content (AvgIpc) is 3.23. The van der Waals surface area contributed by atoms with Gasteiger partial charge < -0.3 is 9.30 Å². The van der Waals surface area contributed by atoms with Gasteiger partial charge in [-0.25, -0.2) is 9.78 Å². The average molecular weight is 405 g/mol. The standard InChI is InChI=1S/C19H23N3O5S/c1-21-11-10-20-18(21)9-8-16-12-17(27-28(2,24)25)13-22(16)19(23)26-14-15-6-4-3-5-7-15/h3-11,16-17H,12-14H2,1-2H3/b9-8+/t16-,17-/m1/s1. The SMILES string of the molecule is Cn1ccnc1/C=C/[C@@H]1C[C@@H](OS(C)(=O)=O)CN1C(=O)OCc1ccccc1. The van der Waals surface area contributed by atoms with Gasteiger partial charge in [-0.1, -0.05) is 36.4 Å². The van der Waals surface area contributed by atoms with Crippen LogP contribution < -0.4 is 0 Å². The van der Waals surface area contributed by atoms with Crippen LogP contribution in [0.4, 0.5) is 4.79 Å². The fourth-order valence-corrected chi connectivity index (χ4v) is 3.71. The summed E-state index contributed by atoms with van der Waals surface area (Å²) in [7, 11) is -1.76. The van der Waals surface area contributed by atoms with Crippen molar-refractivity contribution in [1.29, 1.82) is 0 Å². The van der Waals surface area contributed by atoms with Crippen LogP contribution in [0.2, 0.25) is 0 Å². The summed E-state index contributed by atoms with van der Waals surface area (Å²) in [6.07, 6.45) is 7.33. The third kappa shape index (κ3) is 5.43. The number of likely N-dealkylation sites (tertiary alicyclic amines) is 1. The second-order valence-corrected chi connectivity index (χ2v) is 8.27. The lowest BCUT2D eigenvalue weighted by molar-refractivity contribution is 0.0938. The van der Waals surface area contributed by atoms with Gasteiger partial charge >= 0.3 is 6.09 Å². The molecule has 1 fully saturated rings. The first kappa shape index (κ1) is 20.1. The van der Waals surface area contributed by atoms with Gasteiger partial charge in [0.2, 0.25) is 0 Å². The van der Waals surface area contributed by atoms with Crippen LogP contribution in [-0.2, 0) is 32.7 Å². The van der Waals surface area contributed by atoms with E-state index in [1.54, 1.807) is 12.3 Å². The number of carbonyl (C=O) groups is 1. The summed E-state index contributed by atoms with van der Waals surface area (Å²) >= 11 is 0. The van der Waals surface area contributed by atoms with Crippen molar-refractivity contribution in [3.63, 3.8) is 0 Å². The van der Waals surface area contributed by atoms with Gasteiger partial charge in [0.15, 0.2) is 0 Å². The highest BCUT2D eigenvalue weighted by atomic mass is 32.2. The highest BCUT2D eigenvalue weighted by Gasteiger charge is 2.37. The quantitative estimate of drug-likeness (QED) is 0.685. The van der Waals surface area contributed by atoms with Crippen LogP contribution in [0.15, 0.2) is 48.8 Å². The number of hydrogen-bond donors (Lipinski definition) is 0. The van der Waals surface area contributed by atoms with Gasteiger partial charge in [0.1, 0.15) is 12.4 Å². The topological polar surface area (TPSA) is 90.7 Å². The van der Waals surface area contributed by atoms with Crippen LogP contribution in [0.25, 0.3) is 6.08 Å². The summed E-state index contributed by atoms with van der Waals surface area (Å²) in [5.74, 6) is 0.727. The van der Waals surface area contributed by atoms with Gasteiger partial charge in [0, 0.05) is 25.9 Å². The maximum atomic E-state index is 12.6. The highest BCUT2D eigenvalue weighted by molar-refractivity contribution is 7.86. The third-order valence-corrected chi connectivity index (χ3v) is 5.00. The molecule has 1 amide bonds. The smallest absolute Gasteiger partial charge is 0.410 e. The summed E-state index contributed by atoms with van der Waals surface area (Å²) in [5, 5.41) is 0. The zero-order valence-corrected chi connectivity index (χ0v) is 16.6. The largest absolute Gasteiger partial charge is 0.445 e. The number of amides is 1. The number of ether oxygens (including phenoxy) is 1. The molecule has 9 heteroatoms. The van der Waals surface area contributed by atoms with Crippen LogP contribution >= 0.6 is 0 Å². The molecule has 150 valence electrons. The first-order valence-corrected chi connectivity index (χ1v) is 10.6. The lowest BCUT2D eigenvalue weighted by Crippen LogP contribution is -2.35. The molecular weight excluding hydrogens is 382 g/mol. The summed E-state index contributed by atoms with van der Waals surface area (Å²) in [6.45, 7) is 0.278. The van der Waals surface area contributed by atoms with E-state index in [-0.39, 0.29) is 19.2 Å². The fraction of sp³-hybridized carbons (Fsp3) is 0.368. The number of aromatic nitrogens is 2. The van der Waals surface area contributed by atoms with Crippen LogP contribution in [0.1, 0.15) is 17.8 Å². The van der Waals surface area contributed by atoms with E-state index in [1.165, 1.54) is 4.90 Å². The number of nitrogens with zero attached hydrogens (tertiary/aromatic N) is 3. The predicted octanol–water partition coefficient (Wildman–Crippen LogP) is 2.19. The van der Waals surface area contributed by atoms with E-state index in [0.717, 1.165) is 17.6 Å². The lowest BCUT2D eigenvalue weighted by Gasteiger charge is -2.21. The summed E-state index contributed by atoms with van der Waals surface area (Å²) in [4.78, 5) is 18.3. The Bertz CT molecular complexity index is 939. The zero-order valence-electron chi connectivity index (χ0n) is 15.8. The van der Waals surface area contributed by atoms with Crippen molar-refractivity contribution in [3.8, 4) is 0 Å². The Balaban J connectivity index is 1.71. The number of carbonyl (C=O) groups excluding carboxylic acids is 1. The van der Waals surface area contributed by atoms with E-state index in [2.05, 4.69) is 4.98 Å². The molecule has 0 bridgehead atoms. The Morgan fingerprint density at radius 3 is 2.71 bits per heavy atom. The van der Waals surface area contributed by atoms with Crippen molar-refractivity contribution in [2.24, 2.45) is 7.05 Å². The fourth-order valence-electron chi connectivity index (χ4n) is 3.07. The Labute approximate surface area is 164 Å². The van der Waals surface area contributed by atoms with Crippen molar-refractivity contribution in [2.75, 3.05) is 12.8 Å². The van der Waals surface area contributed by atoms with Gasteiger partial charge in [0.25, 0.3) is 10.1 Å². The van der Waals surface area contributed by atoms with E-state index >= 15 is 0 Å². The molecule has 2 heterocycles. The van der Waals surface area contributed by atoms with Gasteiger partial charge in [0.05, 0.1) is 24.9 Å². The molecule has 1 aliphatic heterocycles. The van der Waals surface area contributed by atoms with Crippen molar-refractivity contribution < 1.29 is 22.1 Å². The number of benzene rings is 1. The second kappa shape index (κ2) is 8.57. The van der Waals surface area contributed by atoms with Crippen LogP contribution in [0, 0.1) is 0 Å². The third-order valence-electron chi connectivity index (χ3n) is 4.38. The molecule has 28 heavy (non-hydrogen) atoms. The van der Waals surface area contributed by atoms with Crippen molar-refractivity contribution >= 4 is 22.3 Å². The Morgan fingerprint density at radius 2 is 2.07 bits per heavy atom. The van der Waals surface area contributed by atoms with E-state index < -0.39 is 22.3 Å². The van der Waals surface area contributed by atoms with Gasteiger partial charge in [-0.2, -0.15) is 8.42 Å². The molecule has 0 unspecified atom stereocenters. The molecule has 0 saturated carbocycles. The van der Waals surface area contributed by atoms with Crippen molar-refractivity contribution in [1.82, 2.24) is 14.5 Å². The van der Waals surface area contributed by atoms with E-state index in [4.69, 9.17) is 8.92 Å². The lowest BCUT2D eigenvalue weighted by atomic mass is 10.2. The number of rotatable bonds is 6. The first-order chi connectivity index (χ1) is 13.3. The predicted molar refractivity (Wildman–Crippen MR) is 104 cm³/mol. The van der Waals surface area contributed by atoms with Crippen molar-refractivity contribution in [2.45, 2.75) is 25.2 Å². The van der Waals surface area contributed by atoms with Crippen LogP contribution in [0.3, 0.4) is 0 Å². The normalized spacial score (nSPS) is 20.0. The molecule has 0 spiro atoms. The van der Waals surface area contributed by atoms with E-state index in [9.17, 15) is 13.2 Å². The van der Waals surface area contributed by atoms with Gasteiger partial charge in [-0.3, -0.25) is 9.08 Å². The Morgan fingerprint density at radius 1 is 1.32 bits per heavy atom. The Hall–Kier alpha value is -2.65. The minimum Gasteiger partial charge on any atom is -0.445 e. The van der Waals surface area contributed by atoms with Gasteiger partial charge in [-0.15, -0.1) is 0 Å². The molecule has 2 aromatic rings. The number of imidazole rings is 1. The molecule has 2 atom stereocenters. The highest BCUT2D eigenvalue weighted by Crippen LogP contribution is 2.24. The maximum absolute atomic E-state index is 12.6. The molecule has 1 aromatic carbocycles. The molecular formula is C19H23N3O5S. The van der Waals surface area contributed by atoms with Gasteiger partial charge in [-0.05, 0) is 11.6 Å². The maximum Gasteiger partial charge on any atom is 0.410 e. The molecule has 0 radical (unpaired) electrons. The minimum atomic E-state index is -3.62. The van der Waals surface area contributed by atoms with Crippen molar-refractivity contribution in [3.05, 3.63) is 60.2 Å². The molecule has 8 nitrogen and oxygen atoms in total. The first-order valence-electron chi connectivity index (χ1n) is 8.83. The molecule has 3 rings (SSSR count). The Kier molecular flexibility index (Phi) is 6.15. The monoisotopic (exact) mass is 405 g/mol. The van der Waals surface area contributed by atoms with Crippen LogP contribution in [-0.4, -0.2) is 53.9 Å². The summed E-state index contributed by atoms with van der Waals surface area (Å²) < 4.78 is 35.3. The summed E-state index contributed by atoms with van der Waals surface area (Å²) in [6, 6.07) is 9.00. The molecule has 1 saturated heterocycles. The summed E-state index contributed by atoms with van der Waals surface area (Å²) in [5.41, 5.74) is 0.874.